The highest BCUT2D eigenvalue weighted by Crippen LogP contribution is 2.27. The van der Waals surface area contributed by atoms with Crippen molar-refractivity contribution in [1.82, 2.24) is 9.80 Å². The molecule has 2 fully saturated rings. The van der Waals surface area contributed by atoms with Crippen LogP contribution in [0.4, 0.5) is 5.69 Å². The number of carbonyl (C=O) groups is 3. The zero-order valence-corrected chi connectivity index (χ0v) is 14.6. The van der Waals surface area contributed by atoms with Crippen LogP contribution < -0.4 is 0 Å². The summed E-state index contributed by atoms with van der Waals surface area (Å²) in [6, 6.07) is 2.44. The van der Waals surface area contributed by atoms with Gasteiger partial charge in [0.1, 0.15) is 6.04 Å². The number of nitrogens with zero attached hydrogens (tertiary/aromatic N) is 3. The molecule has 0 saturated carbocycles. The van der Waals surface area contributed by atoms with E-state index in [9.17, 15) is 24.5 Å². The fourth-order valence-corrected chi connectivity index (χ4v) is 4.27. The Morgan fingerprint density at radius 3 is 2.42 bits per heavy atom. The predicted octanol–water partition coefficient (Wildman–Crippen LogP) is 1.43. The van der Waals surface area contributed by atoms with Crippen molar-refractivity contribution in [1.29, 1.82) is 0 Å². The Morgan fingerprint density at radius 2 is 1.81 bits per heavy atom. The quantitative estimate of drug-likeness (QED) is 0.620. The Labute approximate surface area is 153 Å². The number of amides is 2. The first-order valence-electron chi connectivity index (χ1n) is 8.09. The Morgan fingerprint density at radius 1 is 1.15 bits per heavy atom. The van der Waals surface area contributed by atoms with Crippen LogP contribution in [0, 0.1) is 10.1 Å². The molecule has 2 aliphatic heterocycles. The van der Waals surface area contributed by atoms with Gasteiger partial charge in [-0.3, -0.25) is 19.7 Å². The van der Waals surface area contributed by atoms with E-state index in [1.807, 2.05) is 0 Å². The monoisotopic (exact) mass is 379 g/mol. The maximum atomic E-state index is 12.9. The standard InChI is InChI=1S/C16H17N3O6S/c20-14(10-5-11(16(22)23)7-12(6-10)19(24)25)18-9-26-8-13(18)15(21)17-3-1-2-4-17/h5-7,13H,1-4,8-9H2,(H,22,23). The molecule has 2 amide bonds. The maximum absolute atomic E-state index is 12.9. The normalized spacial score (nSPS) is 19.6. The van der Waals surface area contributed by atoms with Crippen LogP contribution in [-0.2, 0) is 4.79 Å². The van der Waals surface area contributed by atoms with Crippen LogP contribution in [0.1, 0.15) is 33.6 Å². The molecule has 0 aliphatic carbocycles. The second kappa shape index (κ2) is 7.32. The summed E-state index contributed by atoms with van der Waals surface area (Å²) in [7, 11) is 0. The molecule has 10 heteroatoms. The Bertz CT molecular complexity index is 745. The molecule has 0 spiro atoms. The van der Waals surface area contributed by atoms with Gasteiger partial charge in [0.05, 0.1) is 16.4 Å². The highest BCUT2D eigenvalue weighted by Gasteiger charge is 2.38. The highest BCUT2D eigenvalue weighted by atomic mass is 32.2. The number of carboxylic acids is 1. The Hall–Kier alpha value is -2.62. The Kier molecular flexibility index (Phi) is 5.12. The first kappa shape index (κ1) is 18.2. The number of aromatic carboxylic acids is 1. The zero-order chi connectivity index (χ0) is 18.8. The van der Waals surface area contributed by atoms with Gasteiger partial charge in [0, 0.05) is 36.5 Å². The van der Waals surface area contributed by atoms with Gasteiger partial charge >= 0.3 is 5.97 Å². The molecule has 2 saturated heterocycles. The number of thioether (sulfide) groups is 1. The van der Waals surface area contributed by atoms with Gasteiger partial charge in [-0.1, -0.05) is 0 Å². The number of carboxylic acid groups (broad SMARTS) is 1. The summed E-state index contributed by atoms with van der Waals surface area (Å²) in [6.07, 6.45) is 1.87. The minimum atomic E-state index is -1.36. The molecule has 0 bridgehead atoms. The van der Waals surface area contributed by atoms with Crippen molar-refractivity contribution in [3.05, 3.63) is 39.4 Å². The predicted molar refractivity (Wildman–Crippen MR) is 93.2 cm³/mol. The molecule has 1 aromatic carbocycles. The van der Waals surface area contributed by atoms with Gasteiger partial charge in [-0.25, -0.2) is 4.79 Å². The van der Waals surface area contributed by atoms with Crippen molar-refractivity contribution in [2.24, 2.45) is 0 Å². The number of hydrogen-bond donors (Lipinski definition) is 1. The largest absolute Gasteiger partial charge is 0.478 e. The SMILES string of the molecule is O=C(O)c1cc(C(=O)N2CSCC2C(=O)N2CCCC2)cc([N+](=O)[O-])c1. The van der Waals surface area contributed by atoms with Crippen LogP contribution in [0.15, 0.2) is 18.2 Å². The number of carbonyl (C=O) groups excluding carboxylic acids is 2. The molecule has 3 rings (SSSR count). The van der Waals surface area contributed by atoms with E-state index in [0.717, 1.165) is 31.0 Å². The van der Waals surface area contributed by atoms with E-state index in [-0.39, 0.29) is 22.9 Å². The van der Waals surface area contributed by atoms with Gasteiger partial charge in [-0.15, -0.1) is 11.8 Å². The molecule has 2 heterocycles. The van der Waals surface area contributed by atoms with Crippen molar-refractivity contribution >= 4 is 35.2 Å². The summed E-state index contributed by atoms with van der Waals surface area (Å²) in [5, 5.41) is 20.2. The van der Waals surface area contributed by atoms with E-state index in [4.69, 9.17) is 5.11 Å². The van der Waals surface area contributed by atoms with Crippen LogP contribution in [0.3, 0.4) is 0 Å². The second-order valence-corrected chi connectivity index (χ2v) is 7.15. The molecule has 2 aliphatic rings. The van der Waals surface area contributed by atoms with Crippen LogP contribution in [0.2, 0.25) is 0 Å². The number of likely N-dealkylation sites (tertiary alicyclic amines) is 1. The number of non-ortho nitro benzene ring substituents is 1. The van der Waals surface area contributed by atoms with Crippen molar-refractivity contribution in [2.75, 3.05) is 24.7 Å². The lowest BCUT2D eigenvalue weighted by Crippen LogP contribution is -2.48. The van der Waals surface area contributed by atoms with Crippen molar-refractivity contribution in [3.8, 4) is 0 Å². The first-order chi connectivity index (χ1) is 12.4. The molecule has 0 aromatic heterocycles. The zero-order valence-electron chi connectivity index (χ0n) is 13.8. The molecular formula is C16H17N3O6S. The van der Waals surface area contributed by atoms with Crippen molar-refractivity contribution in [3.63, 3.8) is 0 Å². The highest BCUT2D eigenvalue weighted by molar-refractivity contribution is 7.99. The lowest BCUT2D eigenvalue weighted by Gasteiger charge is -2.27. The molecule has 1 aromatic rings. The molecular weight excluding hydrogens is 362 g/mol. The number of hydrogen-bond acceptors (Lipinski definition) is 6. The van der Waals surface area contributed by atoms with E-state index in [1.165, 1.54) is 16.7 Å². The minimum Gasteiger partial charge on any atom is -0.478 e. The molecule has 26 heavy (non-hydrogen) atoms. The van der Waals surface area contributed by atoms with Crippen molar-refractivity contribution in [2.45, 2.75) is 18.9 Å². The average Bonchev–Trinajstić information content (AvgIpc) is 3.31. The molecule has 1 atom stereocenters. The van der Waals surface area contributed by atoms with E-state index in [0.29, 0.717) is 18.8 Å². The van der Waals surface area contributed by atoms with Crippen LogP contribution in [0.25, 0.3) is 0 Å². The molecule has 1 unspecified atom stereocenters. The van der Waals surface area contributed by atoms with E-state index < -0.39 is 28.5 Å². The van der Waals surface area contributed by atoms with Gasteiger partial charge in [-0.05, 0) is 18.9 Å². The Balaban J connectivity index is 1.88. The first-order valence-corrected chi connectivity index (χ1v) is 9.24. The number of benzene rings is 1. The van der Waals surface area contributed by atoms with Gasteiger partial charge in [0.2, 0.25) is 5.91 Å². The van der Waals surface area contributed by atoms with Crippen LogP contribution >= 0.6 is 11.8 Å². The van der Waals surface area contributed by atoms with E-state index >= 15 is 0 Å². The van der Waals surface area contributed by atoms with Crippen LogP contribution in [-0.4, -0.2) is 68.4 Å². The third-order valence-corrected chi connectivity index (χ3v) is 5.48. The fraction of sp³-hybridized carbons (Fsp3) is 0.438. The minimum absolute atomic E-state index is 0.0988. The maximum Gasteiger partial charge on any atom is 0.335 e. The summed E-state index contributed by atoms with van der Waals surface area (Å²) in [4.78, 5) is 50.1. The summed E-state index contributed by atoms with van der Waals surface area (Å²) < 4.78 is 0. The lowest BCUT2D eigenvalue weighted by atomic mass is 10.1. The van der Waals surface area contributed by atoms with Gasteiger partial charge in [-0.2, -0.15) is 0 Å². The van der Waals surface area contributed by atoms with E-state index in [2.05, 4.69) is 0 Å². The fourth-order valence-electron chi connectivity index (χ4n) is 3.13. The summed E-state index contributed by atoms with van der Waals surface area (Å²) in [5.41, 5.74) is -0.905. The molecule has 1 N–H and O–H groups in total. The topological polar surface area (TPSA) is 121 Å². The smallest absolute Gasteiger partial charge is 0.335 e. The third kappa shape index (κ3) is 3.50. The number of nitro groups is 1. The number of rotatable bonds is 4. The van der Waals surface area contributed by atoms with Gasteiger partial charge in [0.15, 0.2) is 0 Å². The average molecular weight is 379 g/mol. The second-order valence-electron chi connectivity index (χ2n) is 6.15. The molecule has 0 radical (unpaired) electrons. The summed E-state index contributed by atoms with van der Waals surface area (Å²) in [5.74, 6) is -1.30. The lowest BCUT2D eigenvalue weighted by molar-refractivity contribution is -0.384. The summed E-state index contributed by atoms with van der Waals surface area (Å²) >= 11 is 1.43. The van der Waals surface area contributed by atoms with Crippen molar-refractivity contribution < 1.29 is 24.4 Å². The van der Waals surface area contributed by atoms with Gasteiger partial charge in [0.25, 0.3) is 11.6 Å². The number of nitro benzene ring substituents is 1. The molecule has 138 valence electrons. The summed E-state index contributed by atoms with van der Waals surface area (Å²) in [6.45, 7) is 1.34. The molecule has 9 nitrogen and oxygen atoms in total. The van der Waals surface area contributed by atoms with Gasteiger partial charge < -0.3 is 14.9 Å². The van der Waals surface area contributed by atoms with E-state index in [1.54, 1.807) is 4.90 Å². The third-order valence-electron chi connectivity index (χ3n) is 4.47. The van der Waals surface area contributed by atoms with Crippen LogP contribution in [0.5, 0.6) is 0 Å².